The van der Waals surface area contributed by atoms with Crippen molar-refractivity contribution in [3.63, 3.8) is 0 Å². The van der Waals surface area contributed by atoms with Crippen molar-refractivity contribution in [3.8, 4) is 0 Å². The zero-order valence-corrected chi connectivity index (χ0v) is 14.5. The highest BCUT2D eigenvalue weighted by Crippen LogP contribution is 2.06. The number of benzene rings is 1. The van der Waals surface area contributed by atoms with Crippen LogP contribution >= 0.6 is 24.8 Å². The molecule has 1 aromatic rings. The summed E-state index contributed by atoms with van der Waals surface area (Å²) in [7, 11) is 1.68. The summed E-state index contributed by atoms with van der Waals surface area (Å²) in [6.07, 6.45) is 0. The molecule has 1 saturated heterocycles. The minimum Gasteiger partial charge on any atom is -0.380 e. The molecule has 7 heteroatoms. The number of methoxy groups -OCH3 is 1. The predicted molar refractivity (Wildman–Crippen MR) is 92.8 cm³/mol. The van der Waals surface area contributed by atoms with Gasteiger partial charge in [0.05, 0.1) is 13.2 Å². The summed E-state index contributed by atoms with van der Waals surface area (Å²) in [5, 5.41) is 6.25. The molecule has 2 N–H and O–H groups in total. The maximum Gasteiger partial charge on any atom is 0.234 e. The fourth-order valence-corrected chi connectivity index (χ4v) is 2.32. The minimum absolute atomic E-state index is 0. The number of rotatable bonds is 6. The summed E-state index contributed by atoms with van der Waals surface area (Å²) in [4.78, 5) is 14.1. The van der Waals surface area contributed by atoms with Crippen LogP contribution in [-0.2, 0) is 22.7 Å². The fraction of sp³-hybridized carbons (Fsp3) is 0.533. The molecule has 1 aromatic carbocycles. The lowest BCUT2D eigenvalue weighted by Gasteiger charge is -2.26. The number of piperazine rings is 1. The quantitative estimate of drug-likeness (QED) is 0.810. The Morgan fingerprint density at radius 2 is 1.95 bits per heavy atom. The van der Waals surface area contributed by atoms with Gasteiger partial charge in [-0.3, -0.25) is 9.69 Å². The Morgan fingerprint density at radius 1 is 1.27 bits per heavy atom. The van der Waals surface area contributed by atoms with Gasteiger partial charge >= 0.3 is 0 Å². The molecule has 0 radical (unpaired) electrons. The van der Waals surface area contributed by atoms with E-state index in [0.717, 1.165) is 37.3 Å². The largest absolute Gasteiger partial charge is 0.380 e. The van der Waals surface area contributed by atoms with Crippen LogP contribution in [0.15, 0.2) is 24.3 Å². The van der Waals surface area contributed by atoms with Gasteiger partial charge in [-0.1, -0.05) is 24.3 Å². The monoisotopic (exact) mass is 349 g/mol. The molecule has 0 saturated carbocycles. The second-order valence-electron chi connectivity index (χ2n) is 5.06. The van der Waals surface area contributed by atoms with Crippen LogP contribution in [0.3, 0.4) is 0 Å². The molecule has 1 amide bonds. The van der Waals surface area contributed by atoms with E-state index < -0.39 is 0 Å². The summed E-state index contributed by atoms with van der Waals surface area (Å²) in [5.74, 6) is 0.0871. The molecule has 126 valence electrons. The van der Waals surface area contributed by atoms with Crippen molar-refractivity contribution < 1.29 is 9.53 Å². The highest BCUT2D eigenvalue weighted by atomic mass is 35.5. The number of carbonyl (C=O) groups excluding carboxylic acids is 1. The van der Waals surface area contributed by atoms with E-state index in [1.807, 2.05) is 18.2 Å². The van der Waals surface area contributed by atoms with Crippen molar-refractivity contribution in [1.29, 1.82) is 0 Å². The Labute approximate surface area is 144 Å². The zero-order valence-electron chi connectivity index (χ0n) is 12.8. The van der Waals surface area contributed by atoms with Crippen molar-refractivity contribution >= 4 is 30.7 Å². The van der Waals surface area contributed by atoms with Gasteiger partial charge in [-0.25, -0.2) is 0 Å². The van der Waals surface area contributed by atoms with Crippen molar-refractivity contribution in [2.24, 2.45) is 0 Å². The third-order valence-electron chi connectivity index (χ3n) is 3.37. The number of halogens is 2. The van der Waals surface area contributed by atoms with Gasteiger partial charge < -0.3 is 15.4 Å². The predicted octanol–water partition coefficient (Wildman–Crippen LogP) is 1.20. The van der Waals surface area contributed by atoms with Crippen molar-refractivity contribution in [3.05, 3.63) is 35.4 Å². The van der Waals surface area contributed by atoms with Crippen molar-refractivity contribution in [2.75, 3.05) is 39.8 Å². The highest BCUT2D eigenvalue weighted by molar-refractivity contribution is 5.85. The standard InChI is InChI=1S/C15H23N3O2.2ClH/c1-20-12-14-4-2-3-13(9-14)10-17-15(19)11-18-7-5-16-6-8-18;;/h2-4,9,16H,5-8,10-12H2,1H3,(H,17,19);2*1H. The van der Waals surface area contributed by atoms with E-state index in [2.05, 4.69) is 21.6 Å². The molecule has 1 fully saturated rings. The molecular formula is C15H25Cl2N3O2. The van der Waals surface area contributed by atoms with E-state index in [1.54, 1.807) is 7.11 Å². The molecule has 22 heavy (non-hydrogen) atoms. The van der Waals surface area contributed by atoms with Crippen LogP contribution in [0.5, 0.6) is 0 Å². The molecule has 1 aliphatic rings. The molecule has 0 bridgehead atoms. The first kappa shape index (κ1) is 21.1. The zero-order chi connectivity index (χ0) is 14.2. The molecule has 5 nitrogen and oxygen atoms in total. The lowest BCUT2D eigenvalue weighted by Crippen LogP contribution is -2.47. The Morgan fingerprint density at radius 3 is 2.64 bits per heavy atom. The van der Waals surface area contributed by atoms with Crippen molar-refractivity contribution in [2.45, 2.75) is 13.2 Å². The number of hydrogen-bond acceptors (Lipinski definition) is 4. The topological polar surface area (TPSA) is 53.6 Å². The molecule has 1 heterocycles. The van der Waals surface area contributed by atoms with Gasteiger partial charge in [-0.15, -0.1) is 24.8 Å². The smallest absolute Gasteiger partial charge is 0.234 e. The van der Waals surface area contributed by atoms with Crippen LogP contribution < -0.4 is 10.6 Å². The molecule has 0 aliphatic carbocycles. The van der Waals surface area contributed by atoms with Crippen LogP contribution in [0.1, 0.15) is 11.1 Å². The van der Waals surface area contributed by atoms with E-state index in [0.29, 0.717) is 19.7 Å². The molecule has 0 atom stereocenters. The number of carbonyl (C=O) groups is 1. The molecule has 0 unspecified atom stereocenters. The first-order chi connectivity index (χ1) is 9.78. The lowest BCUT2D eigenvalue weighted by molar-refractivity contribution is -0.122. The average Bonchev–Trinajstić information content (AvgIpc) is 2.47. The maximum atomic E-state index is 11.9. The van der Waals surface area contributed by atoms with Gasteiger partial charge in [0, 0.05) is 39.8 Å². The van der Waals surface area contributed by atoms with E-state index >= 15 is 0 Å². The van der Waals surface area contributed by atoms with Crippen LogP contribution in [0.4, 0.5) is 0 Å². The second kappa shape index (κ2) is 11.7. The Balaban J connectivity index is 0.00000220. The minimum atomic E-state index is 0. The van der Waals surface area contributed by atoms with Crippen LogP contribution in [0.2, 0.25) is 0 Å². The van der Waals surface area contributed by atoms with Gasteiger partial charge in [0.2, 0.25) is 5.91 Å². The number of amides is 1. The number of hydrogen-bond donors (Lipinski definition) is 2. The Hall–Kier alpha value is -0.850. The van der Waals surface area contributed by atoms with Gasteiger partial charge in [-0.2, -0.15) is 0 Å². The van der Waals surface area contributed by atoms with Crippen LogP contribution in [-0.4, -0.2) is 50.6 Å². The SMILES string of the molecule is COCc1cccc(CNC(=O)CN2CCNCC2)c1.Cl.Cl. The number of nitrogens with one attached hydrogen (secondary N) is 2. The van der Waals surface area contributed by atoms with Gasteiger partial charge in [0.1, 0.15) is 0 Å². The van der Waals surface area contributed by atoms with E-state index in [1.165, 1.54) is 0 Å². The molecule has 0 spiro atoms. The third kappa shape index (κ3) is 7.42. The second-order valence-corrected chi connectivity index (χ2v) is 5.06. The lowest BCUT2D eigenvalue weighted by atomic mass is 10.1. The first-order valence-corrected chi connectivity index (χ1v) is 7.04. The summed E-state index contributed by atoms with van der Waals surface area (Å²) < 4.78 is 5.11. The van der Waals surface area contributed by atoms with Crippen LogP contribution in [0.25, 0.3) is 0 Å². The Kier molecular flexibility index (Phi) is 11.2. The summed E-state index contributed by atoms with van der Waals surface area (Å²) >= 11 is 0. The summed E-state index contributed by atoms with van der Waals surface area (Å²) in [5.41, 5.74) is 2.23. The average molecular weight is 350 g/mol. The van der Waals surface area contributed by atoms with Crippen molar-refractivity contribution in [1.82, 2.24) is 15.5 Å². The fourth-order valence-electron chi connectivity index (χ4n) is 2.32. The molecular weight excluding hydrogens is 325 g/mol. The van der Waals surface area contributed by atoms with Gasteiger partial charge in [0.25, 0.3) is 0 Å². The van der Waals surface area contributed by atoms with Gasteiger partial charge in [0.15, 0.2) is 0 Å². The van der Waals surface area contributed by atoms with E-state index in [-0.39, 0.29) is 30.7 Å². The normalized spacial score (nSPS) is 14.6. The number of ether oxygens (including phenoxy) is 1. The summed E-state index contributed by atoms with van der Waals surface area (Å²) in [6.45, 7) is 5.47. The maximum absolute atomic E-state index is 11.9. The molecule has 2 rings (SSSR count). The third-order valence-corrected chi connectivity index (χ3v) is 3.37. The number of nitrogens with zero attached hydrogens (tertiary/aromatic N) is 1. The summed E-state index contributed by atoms with van der Waals surface area (Å²) in [6, 6.07) is 8.10. The van der Waals surface area contributed by atoms with Crippen LogP contribution in [0, 0.1) is 0 Å². The van der Waals surface area contributed by atoms with Gasteiger partial charge in [-0.05, 0) is 11.1 Å². The van der Waals surface area contributed by atoms with E-state index in [4.69, 9.17) is 4.74 Å². The molecule has 0 aromatic heterocycles. The van der Waals surface area contributed by atoms with E-state index in [9.17, 15) is 4.79 Å². The highest BCUT2D eigenvalue weighted by Gasteiger charge is 2.12. The Bertz CT molecular complexity index is 441. The molecule has 1 aliphatic heterocycles. The first-order valence-electron chi connectivity index (χ1n) is 7.04.